The van der Waals surface area contributed by atoms with E-state index in [0.29, 0.717) is 12.5 Å². The van der Waals surface area contributed by atoms with Crippen molar-refractivity contribution >= 4 is 10.9 Å². The van der Waals surface area contributed by atoms with Crippen LogP contribution in [0.15, 0.2) is 30.5 Å². The van der Waals surface area contributed by atoms with Gasteiger partial charge >= 0.3 is 0 Å². The number of fused-ring (bicyclic) bond motifs is 1. The summed E-state index contributed by atoms with van der Waals surface area (Å²) in [4.78, 5) is 0. The van der Waals surface area contributed by atoms with Crippen LogP contribution in [0.25, 0.3) is 10.9 Å². The minimum absolute atomic E-state index is 0.590. The second-order valence-electron chi connectivity index (χ2n) is 4.27. The standard InChI is InChI=1S/C13H18N2/c1-10(2)11-3-4-13-12(9-11)5-7-15(13)8-6-14/h3-5,7,9-10H,6,8,14H2,1-2H3. The Hall–Kier alpha value is -1.28. The second-order valence-corrected chi connectivity index (χ2v) is 4.27. The van der Waals surface area contributed by atoms with Crippen molar-refractivity contribution in [3.8, 4) is 0 Å². The van der Waals surface area contributed by atoms with Crippen LogP contribution in [0.2, 0.25) is 0 Å². The average molecular weight is 202 g/mol. The number of nitrogens with zero attached hydrogens (tertiary/aromatic N) is 1. The number of aromatic nitrogens is 1. The van der Waals surface area contributed by atoms with Crippen molar-refractivity contribution in [3.63, 3.8) is 0 Å². The molecule has 1 heterocycles. The van der Waals surface area contributed by atoms with Crippen LogP contribution in [0.1, 0.15) is 25.3 Å². The zero-order valence-electron chi connectivity index (χ0n) is 9.40. The van der Waals surface area contributed by atoms with Gasteiger partial charge in [-0.3, -0.25) is 0 Å². The van der Waals surface area contributed by atoms with E-state index in [1.807, 2.05) is 0 Å². The number of hydrogen-bond acceptors (Lipinski definition) is 1. The highest BCUT2D eigenvalue weighted by atomic mass is 15.0. The third kappa shape index (κ3) is 1.90. The molecule has 0 spiro atoms. The van der Waals surface area contributed by atoms with Crippen molar-refractivity contribution in [2.45, 2.75) is 26.3 Å². The Labute approximate surface area is 90.7 Å². The SMILES string of the molecule is CC(C)c1ccc2c(ccn2CCN)c1. The quantitative estimate of drug-likeness (QED) is 0.815. The lowest BCUT2D eigenvalue weighted by Crippen LogP contribution is -2.08. The van der Waals surface area contributed by atoms with Crippen LogP contribution in [0, 0.1) is 0 Å². The van der Waals surface area contributed by atoms with E-state index in [9.17, 15) is 0 Å². The molecule has 0 saturated carbocycles. The first-order valence-corrected chi connectivity index (χ1v) is 5.51. The summed E-state index contributed by atoms with van der Waals surface area (Å²) in [5.41, 5.74) is 8.25. The van der Waals surface area contributed by atoms with Crippen LogP contribution in [0.3, 0.4) is 0 Å². The summed E-state index contributed by atoms with van der Waals surface area (Å²) in [6, 6.07) is 8.84. The van der Waals surface area contributed by atoms with Gasteiger partial charge in [0.25, 0.3) is 0 Å². The molecule has 0 fully saturated rings. The van der Waals surface area contributed by atoms with Gasteiger partial charge in [0.2, 0.25) is 0 Å². The fraction of sp³-hybridized carbons (Fsp3) is 0.385. The van der Waals surface area contributed by atoms with E-state index in [-0.39, 0.29) is 0 Å². The van der Waals surface area contributed by atoms with Gasteiger partial charge in [-0.05, 0) is 35.1 Å². The van der Waals surface area contributed by atoms with Crippen molar-refractivity contribution in [1.29, 1.82) is 0 Å². The molecule has 0 unspecified atom stereocenters. The maximum absolute atomic E-state index is 5.57. The molecule has 0 amide bonds. The minimum atomic E-state index is 0.590. The summed E-state index contributed by atoms with van der Waals surface area (Å²) in [6.07, 6.45) is 2.11. The van der Waals surface area contributed by atoms with Crippen LogP contribution in [0.5, 0.6) is 0 Å². The number of nitrogens with two attached hydrogens (primary N) is 1. The molecule has 80 valence electrons. The Balaban J connectivity index is 2.47. The highest BCUT2D eigenvalue weighted by Gasteiger charge is 2.03. The third-order valence-corrected chi connectivity index (χ3v) is 2.83. The van der Waals surface area contributed by atoms with E-state index < -0.39 is 0 Å². The molecule has 0 aliphatic rings. The third-order valence-electron chi connectivity index (χ3n) is 2.83. The summed E-state index contributed by atoms with van der Waals surface area (Å²) in [7, 11) is 0. The van der Waals surface area contributed by atoms with Crippen LogP contribution in [-0.2, 0) is 6.54 Å². The molecular weight excluding hydrogens is 184 g/mol. The summed E-state index contributed by atoms with van der Waals surface area (Å²) >= 11 is 0. The Morgan fingerprint density at radius 1 is 1.27 bits per heavy atom. The van der Waals surface area contributed by atoms with Gasteiger partial charge in [0.05, 0.1) is 0 Å². The summed E-state index contributed by atoms with van der Waals surface area (Å²) in [5, 5.41) is 1.31. The maximum Gasteiger partial charge on any atom is 0.0480 e. The van der Waals surface area contributed by atoms with E-state index in [1.165, 1.54) is 16.5 Å². The Bertz CT molecular complexity index is 455. The smallest absolute Gasteiger partial charge is 0.0480 e. The average Bonchev–Trinajstić information content (AvgIpc) is 2.61. The summed E-state index contributed by atoms with van der Waals surface area (Å²) in [6.45, 7) is 6.02. The van der Waals surface area contributed by atoms with Gasteiger partial charge in [0, 0.05) is 24.8 Å². The topological polar surface area (TPSA) is 30.9 Å². The predicted molar refractivity (Wildman–Crippen MR) is 65.1 cm³/mol. The number of hydrogen-bond donors (Lipinski definition) is 1. The van der Waals surface area contributed by atoms with Gasteiger partial charge in [-0.25, -0.2) is 0 Å². The van der Waals surface area contributed by atoms with E-state index in [1.54, 1.807) is 0 Å². The number of rotatable bonds is 3. The second kappa shape index (κ2) is 4.07. The summed E-state index contributed by atoms with van der Waals surface area (Å²) < 4.78 is 2.21. The van der Waals surface area contributed by atoms with Gasteiger partial charge in [-0.2, -0.15) is 0 Å². The molecule has 2 nitrogen and oxygen atoms in total. The maximum atomic E-state index is 5.57. The molecule has 1 aromatic carbocycles. The molecule has 15 heavy (non-hydrogen) atoms. The van der Waals surface area contributed by atoms with Crippen LogP contribution in [0.4, 0.5) is 0 Å². The molecule has 0 atom stereocenters. The predicted octanol–water partition coefficient (Wildman–Crippen LogP) is 2.72. The van der Waals surface area contributed by atoms with Gasteiger partial charge < -0.3 is 10.3 Å². The van der Waals surface area contributed by atoms with E-state index in [2.05, 4.69) is 48.9 Å². The molecule has 0 saturated heterocycles. The van der Waals surface area contributed by atoms with Gasteiger partial charge in [0.1, 0.15) is 0 Å². The van der Waals surface area contributed by atoms with Crippen molar-refractivity contribution in [3.05, 3.63) is 36.0 Å². The zero-order valence-corrected chi connectivity index (χ0v) is 9.40. The molecule has 0 bridgehead atoms. The van der Waals surface area contributed by atoms with E-state index in [0.717, 1.165) is 6.54 Å². The Morgan fingerprint density at radius 2 is 2.07 bits per heavy atom. The largest absolute Gasteiger partial charge is 0.346 e. The highest BCUT2D eigenvalue weighted by Crippen LogP contribution is 2.22. The van der Waals surface area contributed by atoms with Gasteiger partial charge in [0.15, 0.2) is 0 Å². The lowest BCUT2D eigenvalue weighted by molar-refractivity contribution is 0.735. The van der Waals surface area contributed by atoms with Crippen molar-refractivity contribution < 1.29 is 0 Å². The molecule has 1 aromatic heterocycles. The lowest BCUT2D eigenvalue weighted by atomic mass is 10.0. The first-order chi connectivity index (χ1) is 7.22. The minimum Gasteiger partial charge on any atom is -0.346 e. The first kappa shape index (κ1) is 10.2. The fourth-order valence-electron chi connectivity index (χ4n) is 1.91. The lowest BCUT2D eigenvalue weighted by Gasteiger charge is -2.07. The van der Waals surface area contributed by atoms with Crippen molar-refractivity contribution in [2.75, 3.05) is 6.54 Å². The van der Waals surface area contributed by atoms with Crippen LogP contribution in [-0.4, -0.2) is 11.1 Å². The molecule has 0 aliphatic carbocycles. The molecule has 0 radical (unpaired) electrons. The van der Waals surface area contributed by atoms with Crippen LogP contribution >= 0.6 is 0 Å². The molecule has 2 heteroatoms. The van der Waals surface area contributed by atoms with E-state index in [4.69, 9.17) is 5.73 Å². The molecule has 0 aliphatic heterocycles. The van der Waals surface area contributed by atoms with Gasteiger partial charge in [-0.1, -0.05) is 19.9 Å². The number of benzene rings is 1. The first-order valence-electron chi connectivity index (χ1n) is 5.51. The van der Waals surface area contributed by atoms with Crippen molar-refractivity contribution in [2.24, 2.45) is 5.73 Å². The van der Waals surface area contributed by atoms with E-state index >= 15 is 0 Å². The Morgan fingerprint density at radius 3 is 2.73 bits per heavy atom. The van der Waals surface area contributed by atoms with Crippen molar-refractivity contribution in [1.82, 2.24) is 4.57 Å². The molecule has 2 rings (SSSR count). The Kier molecular flexibility index (Phi) is 2.78. The normalized spacial score (nSPS) is 11.5. The molecule has 2 aromatic rings. The summed E-state index contributed by atoms with van der Waals surface area (Å²) in [5.74, 6) is 0.590. The zero-order chi connectivity index (χ0) is 10.8. The van der Waals surface area contributed by atoms with Crippen LogP contribution < -0.4 is 5.73 Å². The van der Waals surface area contributed by atoms with Gasteiger partial charge in [-0.15, -0.1) is 0 Å². The fourth-order valence-corrected chi connectivity index (χ4v) is 1.91. The molecule has 2 N–H and O–H groups in total. The molecular formula is C13H18N2. The monoisotopic (exact) mass is 202 g/mol. The highest BCUT2D eigenvalue weighted by molar-refractivity contribution is 5.81.